The number of hydrogen-bond donors (Lipinski definition) is 2. The van der Waals surface area contributed by atoms with Crippen LogP contribution in [0.4, 0.5) is 0 Å². The maximum absolute atomic E-state index is 11.0. The summed E-state index contributed by atoms with van der Waals surface area (Å²) in [5.41, 5.74) is 5.14. The van der Waals surface area contributed by atoms with Gasteiger partial charge in [-0.2, -0.15) is 0 Å². The van der Waals surface area contributed by atoms with E-state index in [2.05, 4.69) is 6.92 Å². The van der Waals surface area contributed by atoms with Crippen LogP contribution in [0.2, 0.25) is 0 Å². The van der Waals surface area contributed by atoms with Crippen LogP contribution < -0.4 is 5.73 Å². The minimum absolute atomic E-state index is 0. The zero-order valence-corrected chi connectivity index (χ0v) is 10.3. The first-order valence-electron chi connectivity index (χ1n) is 5.21. The van der Waals surface area contributed by atoms with Gasteiger partial charge in [0.15, 0.2) is 0 Å². The van der Waals surface area contributed by atoms with E-state index in [9.17, 15) is 9.59 Å². The van der Waals surface area contributed by atoms with E-state index in [0.29, 0.717) is 6.42 Å². The third-order valence-electron chi connectivity index (χ3n) is 2.09. The summed E-state index contributed by atoms with van der Waals surface area (Å²) in [5.74, 6) is -1.77. The molecule has 16 heavy (non-hydrogen) atoms. The number of ketones is 1. The van der Waals surface area contributed by atoms with Crippen molar-refractivity contribution in [1.29, 1.82) is 0 Å². The molecule has 0 aromatic carbocycles. The van der Waals surface area contributed by atoms with Crippen LogP contribution in [-0.2, 0) is 9.59 Å². The van der Waals surface area contributed by atoms with Crippen molar-refractivity contribution in [3.63, 3.8) is 0 Å². The average Bonchev–Trinajstić information content (AvgIpc) is 2.21. The van der Waals surface area contributed by atoms with Crippen LogP contribution >= 0.6 is 12.4 Å². The van der Waals surface area contributed by atoms with E-state index in [0.717, 1.165) is 12.8 Å². The quantitative estimate of drug-likeness (QED) is 0.643. The zero-order chi connectivity index (χ0) is 11.7. The molecule has 0 rings (SSSR count). The normalized spacial score (nSPS) is 12.1. The van der Waals surface area contributed by atoms with Gasteiger partial charge in [0.1, 0.15) is 5.78 Å². The molecular formula is C11H20ClNO3. The fourth-order valence-electron chi connectivity index (χ4n) is 1.17. The molecule has 94 valence electrons. The second-order valence-corrected chi connectivity index (χ2v) is 3.48. The van der Waals surface area contributed by atoms with Crippen LogP contribution in [0.3, 0.4) is 0 Å². The molecule has 0 aromatic heterocycles. The van der Waals surface area contributed by atoms with Crippen LogP contribution in [-0.4, -0.2) is 23.4 Å². The SMILES string of the molecule is CCCC=CCC(CC(=O)CN)C(=O)O.Cl. The molecule has 0 aliphatic carbocycles. The first-order chi connectivity index (χ1) is 7.11. The van der Waals surface area contributed by atoms with Gasteiger partial charge < -0.3 is 10.8 Å². The highest BCUT2D eigenvalue weighted by Crippen LogP contribution is 2.10. The number of halogens is 1. The first kappa shape index (κ1) is 17.5. The Bertz CT molecular complexity index is 241. The van der Waals surface area contributed by atoms with E-state index in [-0.39, 0.29) is 31.2 Å². The lowest BCUT2D eigenvalue weighted by Gasteiger charge is -2.07. The van der Waals surface area contributed by atoms with Gasteiger partial charge in [-0.05, 0) is 12.8 Å². The van der Waals surface area contributed by atoms with Gasteiger partial charge in [0.05, 0.1) is 12.5 Å². The number of hydrogen-bond acceptors (Lipinski definition) is 3. The molecule has 0 amide bonds. The molecule has 0 fully saturated rings. The molecule has 0 radical (unpaired) electrons. The first-order valence-corrected chi connectivity index (χ1v) is 5.21. The molecule has 0 saturated heterocycles. The third kappa shape index (κ3) is 8.44. The minimum atomic E-state index is -0.932. The fourth-order valence-corrected chi connectivity index (χ4v) is 1.17. The van der Waals surface area contributed by atoms with E-state index < -0.39 is 11.9 Å². The number of carboxylic acids is 1. The number of rotatable bonds is 8. The molecule has 0 saturated carbocycles. The van der Waals surface area contributed by atoms with Crippen LogP contribution in [0.25, 0.3) is 0 Å². The molecule has 5 heteroatoms. The summed E-state index contributed by atoms with van der Waals surface area (Å²) in [6.07, 6.45) is 6.19. The number of unbranched alkanes of at least 4 members (excludes halogenated alkanes) is 1. The molecule has 0 spiro atoms. The Labute approximate surface area is 102 Å². The number of Topliss-reactive ketones (excluding diaryl/α,β-unsaturated/α-hetero) is 1. The highest BCUT2D eigenvalue weighted by molar-refractivity contribution is 5.85. The number of carboxylic acid groups (broad SMARTS) is 1. The number of carbonyl (C=O) groups is 2. The lowest BCUT2D eigenvalue weighted by atomic mass is 9.98. The van der Waals surface area contributed by atoms with Crippen molar-refractivity contribution >= 4 is 24.2 Å². The Morgan fingerprint density at radius 3 is 2.44 bits per heavy atom. The van der Waals surface area contributed by atoms with Crippen LogP contribution in [0.5, 0.6) is 0 Å². The topological polar surface area (TPSA) is 80.4 Å². The lowest BCUT2D eigenvalue weighted by Crippen LogP contribution is -2.22. The van der Waals surface area contributed by atoms with Gasteiger partial charge in [-0.25, -0.2) is 0 Å². The Morgan fingerprint density at radius 1 is 1.38 bits per heavy atom. The van der Waals surface area contributed by atoms with E-state index in [1.807, 2.05) is 12.2 Å². The smallest absolute Gasteiger partial charge is 0.307 e. The Kier molecular flexibility index (Phi) is 11.7. The second kappa shape index (κ2) is 10.6. The number of allylic oxidation sites excluding steroid dienone is 2. The number of nitrogens with two attached hydrogens (primary N) is 1. The highest BCUT2D eigenvalue weighted by atomic mass is 35.5. The van der Waals surface area contributed by atoms with Crippen molar-refractivity contribution < 1.29 is 14.7 Å². The van der Waals surface area contributed by atoms with Gasteiger partial charge in [0.25, 0.3) is 0 Å². The van der Waals surface area contributed by atoms with E-state index >= 15 is 0 Å². The van der Waals surface area contributed by atoms with Gasteiger partial charge in [-0.3, -0.25) is 9.59 Å². The number of aliphatic carboxylic acids is 1. The van der Waals surface area contributed by atoms with E-state index in [1.54, 1.807) is 0 Å². The molecule has 1 atom stereocenters. The van der Waals surface area contributed by atoms with Crippen molar-refractivity contribution in [2.24, 2.45) is 11.7 Å². The summed E-state index contributed by atoms with van der Waals surface area (Å²) >= 11 is 0. The van der Waals surface area contributed by atoms with Crippen molar-refractivity contribution in [2.45, 2.75) is 32.6 Å². The Hall–Kier alpha value is -0.870. The van der Waals surface area contributed by atoms with Gasteiger partial charge in [0, 0.05) is 6.42 Å². The Morgan fingerprint density at radius 2 is 2.00 bits per heavy atom. The van der Waals surface area contributed by atoms with E-state index in [4.69, 9.17) is 10.8 Å². The maximum atomic E-state index is 11.0. The maximum Gasteiger partial charge on any atom is 0.307 e. The second-order valence-electron chi connectivity index (χ2n) is 3.48. The zero-order valence-electron chi connectivity index (χ0n) is 9.52. The molecule has 4 nitrogen and oxygen atoms in total. The van der Waals surface area contributed by atoms with Gasteiger partial charge in [0.2, 0.25) is 0 Å². The summed E-state index contributed by atoms with van der Waals surface area (Å²) in [4.78, 5) is 21.8. The van der Waals surface area contributed by atoms with Crippen molar-refractivity contribution in [1.82, 2.24) is 0 Å². The fraction of sp³-hybridized carbons (Fsp3) is 0.636. The van der Waals surface area contributed by atoms with Crippen molar-refractivity contribution in [2.75, 3.05) is 6.54 Å². The molecule has 0 bridgehead atoms. The Balaban J connectivity index is 0. The molecule has 3 N–H and O–H groups in total. The van der Waals surface area contributed by atoms with Crippen LogP contribution in [0.15, 0.2) is 12.2 Å². The molecule has 0 aliphatic heterocycles. The molecule has 0 aromatic rings. The number of carbonyl (C=O) groups excluding carboxylic acids is 1. The predicted octanol–water partition coefficient (Wildman–Crippen LogP) is 1.77. The standard InChI is InChI=1S/C11H19NO3.ClH/c1-2-3-4-5-6-9(11(14)15)7-10(13)8-12;/h4-5,9H,2-3,6-8,12H2,1H3,(H,14,15);1H. The largest absolute Gasteiger partial charge is 0.481 e. The monoisotopic (exact) mass is 249 g/mol. The van der Waals surface area contributed by atoms with Crippen LogP contribution in [0, 0.1) is 5.92 Å². The summed E-state index contributed by atoms with van der Waals surface area (Å²) in [7, 11) is 0. The van der Waals surface area contributed by atoms with Crippen molar-refractivity contribution in [3.05, 3.63) is 12.2 Å². The summed E-state index contributed by atoms with van der Waals surface area (Å²) in [6.45, 7) is 1.97. The van der Waals surface area contributed by atoms with Gasteiger partial charge in [-0.1, -0.05) is 25.5 Å². The summed E-state index contributed by atoms with van der Waals surface area (Å²) < 4.78 is 0. The molecule has 0 heterocycles. The third-order valence-corrected chi connectivity index (χ3v) is 2.09. The average molecular weight is 250 g/mol. The van der Waals surface area contributed by atoms with Gasteiger partial charge >= 0.3 is 5.97 Å². The highest BCUT2D eigenvalue weighted by Gasteiger charge is 2.18. The minimum Gasteiger partial charge on any atom is -0.481 e. The molecular weight excluding hydrogens is 230 g/mol. The van der Waals surface area contributed by atoms with Crippen LogP contribution in [0.1, 0.15) is 32.6 Å². The van der Waals surface area contributed by atoms with E-state index in [1.165, 1.54) is 0 Å². The predicted molar refractivity (Wildman–Crippen MR) is 65.7 cm³/mol. The van der Waals surface area contributed by atoms with Gasteiger partial charge in [-0.15, -0.1) is 12.4 Å². The summed E-state index contributed by atoms with van der Waals surface area (Å²) in [5, 5.41) is 8.85. The van der Waals surface area contributed by atoms with Crippen molar-refractivity contribution in [3.8, 4) is 0 Å². The summed E-state index contributed by atoms with van der Waals surface area (Å²) in [6, 6.07) is 0. The lowest BCUT2D eigenvalue weighted by molar-refractivity contribution is -0.143. The molecule has 0 aliphatic rings. The molecule has 1 unspecified atom stereocenters.